The van der Waals surface area contributed by atoms with Crippen molar-refractivity contribution in [1.82, 2.24) is 15.1 Å². The molecule has 0 radical (unpaired) electrons. The van der Waals surface area contributed by atoms with E-state index in [4.69, 9.17) is 13.9 Å². The maximum atomic E-state index is 12.3. The van der Waals surface area contributed by atoms with E-state index in [0.29, 0.717) is 55.3 Å². The van der Waals surface area contributed by atoms with Crippen LogP contribution >= 0.6 is 0 Å². The first kappa shape index (κ1) is 16.3. The number of aryl methyl sites for hydroxylation is 1. The fraction of sp³-hybridized carbons (Fsp3) is 0.438. The predicted octanol–water partition coefficient (Wildman–Crippen LogP) is 1.61. The predicted molar refractivity (Wildman–Crippen MR) is 86.0 cm³/mol. The van der Waals surface area contributed by atoms with Crippen molar-refractivity contribution < 1.29 is 18.7 Å². The van der Waals surface area contributed by atoms with Crippen LogP contribution in [0.5, 0.6) is 11.5 Å². The van der Waals surface area contributed by atoms with Gasteiger partial charge in [-0.25, -0.2) is 0 Å². The molecule has 2 aromatic rings. The molecule has 0 saturated carbocycles. The lowest BCUT2D eigenvalue weighted by Crippen LogP contribution is -2.32. The number of benzene rings is 1. The van der Waals surface area contributed by atoms with Crippen LogP contribution in [0.2, 0.25) is 0 Å². The van der Waals surface area contributed by atoms with Crippen LogP contribution in [-0.4, -0.2) is 47.3 Å². The summed E-state index contributed by atoms with van der Waals surface area (Å²) >= 11 is 0. The van der Waals surface area contributed by atoms with Crippen LogP contribution < -0.4 is 14.8 Å². The fourth-order valence-corrected chi connectivity index (χ4v) is 2.40. The number of aromatic nitrogens is 2. The Morgan fingerprint density at radius 3 is 2.75 bits per heavy atom. The van der Waals surface area contributed by atoms with Gasteiger partial charge in [0.25, 0.3) is 0 Å². The number of nitrogens with one attached hydrogen (secondary N) is 1. The third kappa shape index (κ3) is 4.02. The molecule has 2 heterocycles. The number of amides is 1. The number of hydrogen-bond donors (Lipinski definition) is 1. The zero-order chi connectivity index (χ0) is 16.9. The molecule has 128 valence electrons. The molecule has 0 spiro atoms. The molecule has 8 nitrogen and oxygen atoms in total. The number of nitrogens with zero attached hydrogens (tertiary/aromatic N) is 3. The highest BCUT2D eigenvalue weighted by atomic mass is 16.6. The van der Waals surface area contributed by atoms with Gasteiger partial charge in [0.1, 0.15) is 13.2 Å². The van der Waals surface area contributed by atoms with Gasteiger partial charge in [0.2, 0.25) is 17.7 Å². The van der Waals surface area contributed by atoms with Gasteiger partial charge in [-0.05, 0) is 18.7 Å². The van der Waals surface area contributed by atoms with Crippen molar-refractivity contribution in [2.24, 2.45) is 0 Å². The molecule has 1 aliphatic heterocycles. The van der Waals surface area contributed by atoms with Gasteiger partial charge in [0.05, 0.1) is 13.1 Å². The number of carbonyl (C=O) groups excluding carboxylic acids is 1. The highest BCUT2D eigenvalue weighted by molar-refractivity contribution is 5.92. The number of fused-ring (bicyclic) bond motifs is 1. The quantitative estimate of drug-likeness (QED) is 0.859. The first-order chi connectivity index (χ1) is 11.6. The summed E-state index contributed by atoms with van der Waals surface area (Å²) in [5.74, 6) is 2.24. The monoisotopic (exact) mass is 332 g/mol. The van der Waals surface area contributed by atoms with Gasteiger partial charge in [0, 0.05) is 18.7 Å². The SMILES string of the molecule is CCN(CC(=O)Nc1ccc2c(c1)OCCO2)Cc1nnc(C)o1. The molecule has 0 unspecified atom stereocenters. The van der Waals surface area contributed by atoms with Gasteiger partial charge in [-0.15, -0.1) is 10.2 Å². The molecule has 0 aliphatic carbocycles. The summed E-state index contributed by atoms with van der Waals surface area (Å²) in [6.07, 6.45) is 0. The summed E-state index contributed by atoms with van der Waals surface area (Å²) in [7, 11) is 0. The third-order valence-corrected chi connectivity index (χ3v) is 3.57. The van der Waals surface area contributed by atoms with Crippen LogP contribution in [0.1, 0.15) is 18.7 Å². The molecule has 1 aromatic carbocycles. The molecule has 0 saturated heterocycles. The van der Waals surface area contributed by atoms with Crippen LogP contribution in [0.3, 0.4) is 0 Å². The van der Waals surface area contributed by atoms with Crippen molar-refractivity contribution in [3.8, 4) is 11.5 Å². The average molecular weight is 332 g/mol. The van der Waals surface area contributed by atoms with Crippen LogP contribution in [0.15, 0.2) is 22.6 Å². The van der Waals surface area contributed by atoms with Gasteiger partial charge in [-0.3, -0.25) is 9.69 Å². The fourth-order valence-electron chi connectivity index (χ4n) is 2.40. The highest BCUT2D eigenvalue weighted by Crippen LogP contribution is 2.32. The Hall–Kier alpha value is -2.61. The zero-order valence-corrected chi connectivity index (χ0v) is 13.7. The Morgan fingerprint density at radius 2 is 2.04 bits per heavy atom. The van der Waals surface area contributed by atoms with E-state index in [9.17, 15) is 4.79 Å². The van der Waals surface area contributed by atoms with Crippen molar-refractivity contribution in [3.63, 3.8) is 0 Å². The number of rotatable bonds is 6. The number of likely N-dealkylation sites (N-methyl/N-ethyl adjacent to an activating group) is 1. The van der Waals surface area contributed by atoms with Crippen LogP contribution in [0, 0.1) is 6.92 Å². The maximum Gasteiger partial charge on any atom is 0.238 e. The van der Waals surface area contributed by atoms with E-state index in [2.05, 4.69) is 15.5 Å². The van der Waals surface area contributed by atoms with Gasteiger partial charge in [-0.1, -0.05) is 6.92 Å². The minimum absolute atomic E-state index is 0.121. The summed E-state index contributed by atoms with van der Waals surface area (Å²) in [6, 6.07) is 5.36. The molecule has 1 aliphatic rings. The van der Waals surface area contributed by atoms with Gasteiger partial charge in [0.15, 0.2) is 11.5 Å². The first-order valence-electron chi connectivity index (χ1n) is 7.85. The second kappa shape index (κ2) is 7.31. The van der Waals surface area contributed by atoms with Crippen LogP contribution in [0.4, 0.5) is 5.69 Å². The second-order valence-electron chi connectivity index (χ2n) is 5.42. The van der Waals surface area contributed by atoms with Gasteiger partial charge >= 0.3 is 0 Å². The van der Waals surface area contributed by atoms with Crippen molar-refractivity contribution in [2.45, 2.75) is 20.4 Å². The molecule has 0 bridgehead atoms. The lowest BCUT2D eigenvalue weighted by atomic mass is 10.2. The Morgan fingerprint density at radius 1 is 1.25 bits per heavy atom. The Labute approximate surface area is 139 Å². The summed E-state index contributed by atoms with van der Waals surface area (Å²) < 4.78 is 16.3. The van der Waals surface area contributed by atoms with E-state index in [-0.39, 0.29) is 12.5 Å². The molecular formula is C16H20N4O4. The van der Waals surface area contributed by atoms with Crippen molar-refractivity contribution in [1.29, 1.82) is 0 Å². The summed E-state index contributed by atoms with van der Waals surface area (Å²) in [4.78, 5) is 14.2. The summed E-state index contributed by atoms with van der Waals surface area (Å²) in [5, 5.41) is 10.6. The largest absolute Gasteiger partial charge is 0.486 e. The normalized spacial score (nSPS) is 13.1. The number of ether oxygens (including phenoxy) is 2. The third-order valence-electron chi connectivity index (χ3n) is 3.57. The topological polar surface area (TPSA) is 89.7 Å². The Balaban J connectivity index is 1.57. The van der Waals surface area contributed by atoms with Gasteiger partial charge < -0.3 is 19.2 Å². The highest BCUT2D eigenvalue weighted by Gasteiger charge is 2.15. The maximum absolute atomic E-state index is 12.3. The van der Waals surface area contributed by atoms with Crippen molar-refractivity contribution in [2.75, 3.05) is 31.6 Å². The Kier molecular flexibility index (Phi) is 4.95. The number of hydrogen-bond acceptors (Lipinski definition) is 7. The van der Waals surface area contributed by atoms with Crippen LogP contribution in [0.25, 0.3) is 0 Å². The van der Waals surface area contributed by atoms with E-state index in [0.717, 1.165) is 0 Å². The zero-order valence-electron chi connectivity index (χ0n) is 13.7. The van der Waals surface area contributed by atoms with E-state index >= 15 is 0 Å². The lowest BCUT2D eigenvalue weighted by Gasteiger charge is -2.20. The summed E-state index contributed by atoms with van der Waals surface area (Å²) in [6.45, 7) is 6.12. The van der Waals surface area contributed by atoms with Crippen LogP contribution in [-0.2, 0) is 11.3 Å². The molecule has 0 atom stereocenters. The standard InChI is InChI=1S/C16H20N4O4/c1-3-20(10-16-19-18-11(2)24-16)9-15(21)17-12-4-5-13-14(8-12)23-7-6-22-13/h4-5,8H,3,6-7,9-10H2,1-2H3,(H,17,21). The molecule has 8 heteroatoms. The van der Waals surface area contributed by atoms with E-state index in [1.165, 1.54) is 0 Å². The molecule has 24 heavy (non-hydrogen) atoms. The number of carbonyl (C=O) groups is 1. The van der Waals surface area contributed by atoms with Crippen molar-refractivity contribution in [3.05, 3.63) is 30.0 Å². The average Bonchev–Trinajstić information content (AvgIpc) is 2.99. The lowest BCUT2D eigenvalue weighted by molar-refractivity contribution is -0.117. The molecule has 3 rings (SSSR count). The molecule has 1 amide bonds. The van der Waals surface area contributed by atoms with Crippen molar-refractivity contribution >= 4 is 11.6 Å². The second-order valence-corrected chi connectivity index (χ2v) is 5.42. The molecule has 1 aromatic heterocycles. The smallest absolute Gasteiger partial charge is 0.238 e. The minimum Gasteiger partial charge on any atom is -0.486 e. The molecular weight excluding hydrogens is 312 g/mol. The minimum atomic E-state index is -0.121. The summed E-state index contributed by atoms with van der Waals surface area (Å²) in [5.41, 5.74) is 0.675. The van der Waals surface area contributed by atoms with E-state index in [1.807, 2.05) is 11.8 Å². The molecule has 0 fully saturated rings. The van der Waals surface area contributed by atoms with E-state index < -0.39 is 0 Å². The first-order valence-corrected chi connectivity index (χ1v) is 7.85. The van der Waals surface area contributed by atoms with E-state index in [1.54, 1.807) is 25.1 Å². The Bertz CT molecular complexity index is 716. The number of anilines is 1. The molecule has 1 N–H and O–H groups in total. The van der Waals surface area contributed by atoms with Gasteiger partial charge in [-0.2, -0.15) is 0 Å².